The number of urea groups is 1. The van der Waals surface area contributed by atoms with E-state index in [1.54, 1.807) is 0 Å². The molecule has 1 N–H and O–H groups in total. The lowest BCUT2D eigenvalue weighted by atomic mass is 9.73. The molecule has 1 spiro atoms. The van der Waals surface area contributed by atoms with E-state index in [-0.39, 0.29) is 25.0 Å². The van der Waals surface area contributed by atoms with Crippen LogP contribution in [0, 0.1) is 5.92 Å². The molecule has 6 nitrogen and oxygen atoms in total. The topological polar surface area (TPSA) is 75.7 Å². The van der Waals surface area contributed by atoms with Crippen molar-refractivity contribution >= 4 is 33.8 Å². The van der Waals surface area contributed by atoms with E-state index in [0.29, 0.717) is 6.42 Å². The summed E-state index contributed by atoms with van der Waals surface area (Å²) >= 11 is 3.39. The maximum Gasteiger partial charge on any atom is 0.326 e. The van der Waals surface area contributed by atoms with Crippen LogP contribution in [0.15, 0.2) is 28.7 Å². The number of amides is 3. The Morgan fingerprint density at radius 3 is 2.84 bits per heavy atom. The molecule has 3 rings (SSSR count). The van der Waals surface area contributed by atoms with Crippen molar-refractivity contribution in [2.24, 2.45) is 5.92 Å². The third kappa shape index (κ3) is 3.42. The summed E-state index contributed by atoms with van der Waals surface area (Å²) in [5.41, 5.74) is -0.0247. The highest BCUT2D eigenvalue weighted by Crippen LogP contribution is 2.38. The Labute approximate surface area is 155 Å². The average molecular weight is 409 g/mol. The molecule has 3 amide bonds. The zero-order valence-corrected chi connectivity index (χ0v) is 15.7. The molecular formula is C18H21BrN2O4. The Bertz CT molecular complexity index is 708. The van der Waals surface area contributed by atoms with Crippen LogP contribution in [0.2, 0.25) is 0 Å². The zero-order valence-electron chi connectivity index (χ0n) is 14.1. The quantitative estimate of drug-likeness (QED) is 0.613. The Morgan fingerprint density at radius 2 is 2.12 bits per heavy atom. The SMILES string of the molecule is C[C@@H]1CCCC[C@@]12NC(=O)N(CC(=O)OCc1ccccc1Br)C2=O. The number of esters is 1. The summed E-state index contributed by atoms with van der Waals surface area (Å²) in [5, 5.41) is 2.83. The number of nitrogens with one attached hydrogen (secondary N) is 1. The molecule has 0 radical (unpaired) electrons. The summed E-state index contributed by atoms with van der Waals surface area (Å²) < 4.78 is 6.07. The van der Waals surface area contributed by atoms with Crippen molar-refractivity contribution in [2.45, 2.75) is 44.8 Å². The molecule has 1 aromatic rings. The number of ether oxygens (including phenoxy) is 1. The number of hydrogen-bond donors (Lipinski definition) is 1. The first-order chi connectivity index (χ1) is 11.9. The number of rotatable bonds is 4. The fraction of sp³-hybridized carbons (Fsp3) is 0.500. The second-order valence-electron chi connectivity index (χ2n) is 6.69. The largest absolute Gasteiger partial charge is 0.459 e. The lowest BCUT2D eigenvalue weighted by Crippen LogP contribution is -2.54. The Kier molecular flexibility index (Phi) is 5.13. The highest BCUT2D eigenvalue weighted by Gasteiger charge is 2.55. The molecule has 1 aliphatic heterocycles. The summed E-state index contributed by atoms with van der Waals surface area (Å²) in [6.07, 6.45) is 3.48. The van der Waals surface area contributed by atoms with Gasteiger partial charge in [0.15, 0.2) is 0 Å². The Balaban J connectivity index is 1.62. The monoisotopic (exact) mass is 408 g/mol. The van der Waals surface area contributed by atoms with E-state index in [2.05, 4.69) is 21.2 Å². The first-order valence-corrected chi connectivity index (χ1v) is 9.26. The molecule has 1 saturated carbocycles. The molecule has 1 saturated heterocycles. The Morgan fingerprint density at radius 1 is 1.36 bits per heavy atom. The van der Waals surface area contributed by atoms with E-state index in [0.717, 1.165) is 34.2 Å². The van der Waals surface area contributed by atoms with Crippen molar-refractivity contribution in [1.29, 1.82) is 0 Å². The molecule has 2 fully saturated rings. The number of nitrogens with zero attached hydrogens (tertiary/aromatic N) is 1. The molecule has 0 bridgehead atoms. The molecule has 2 atom stereocenters. The van der Waals surface area contributed by atoms with Crippen LogP contribution in [0.25, 0.3) is 0 Å². The van der Waals surface area contributed by atoms with Crippen molar-refractivity contribution in [3.8, 4) is 0 Å². The van der Waals surface area contributed by atoms with Crippen molar-refractivity contribution in [3.05, 3.63) is 34.3 Å². The van der Waals surface area contributed by atoms with Crippen LogP contribution >= 0.6 is 15.9 Å². The normalized spacial score (nSPS) is 26.0. The van der Waals surface area contributed by atoms with Crippen molar-refractivity contribution < 1.29 is 19.1 Å². The smallest absolute Gasteiger partial charge is 0.326 e. The van der Waals surface area contributed by atoms with Crippen LogP contribution in [-0.2, 0) is 20.9 Å². The number of benzene rings is 1. The summed E-state index contributed by atoms with van der Waals surface area (Å²) in [6, 6.07) is 6.91. The molecule has 2 aliphatic rings. The molecule has 0 unspecified atom stereocenters. The summed E-state index contributed by atoms with van der Waals surface area (Å²) in [4.78, 5) is 38.1. The maximum absolute atomic E-state index is 12.8. The molecular weight excluding hydrogens is 388 g/mol. The van der Waals surface area contributed by atoms with Gasteiger partial charge < -0.3 is 10.1 Å². The van der Waals surface area contributed by atoms with Crippen LogP contribution in [0.5, 0.6) is 0 Å². The molecule has 1 heterocycles. The fourth-order valence-electron chi connectivity index (χ4n) is 3.59. The lowest BCUT2D eigenvalue weighted by Gasteiger charge is -2.36. The van der Waals surface area contributed by atoms with Crippen molar-refractivity contribution in [2.75, 3.05) is 6.54 Å². The van der Waals surface area contributed by atoms with Gasteiger partial charge in [-0.2, -0.15) is 0 Å². The van der Waals surface area contributed by atoms with E-state index < -0.39 is 17.5 Å². The zero-order chi connectivity index (χ0) is 18.0. The van der Waals surface area contributed by atoms with Gasteiger partial charge in [0.1, 0.15) is 18.7 Å². The molecule has 7 heteroatoms. The van der Waals surface area contributed by atoms with Gasteiger partial charge >= 0.3 is 12.0 Å². The minimum atomic E-state index is -0.849. The summed E-state index contributed by atoms with van der Waals surface area (Å²) in [7, 11) is 0. The predicted molar refractivity (Wildman–Crippen MR) is 94.5 cm³/mol. The van der Waals surface area contributed by atoms with Gasteiger partial charge in [-0.25, -0.2) is 4.79 Å². The molecule has 134 valence electrons. The Hall–Kier alpha value is -1.89. The number of halogens is 1. The van der Waals surface area contributed by atoms with Gasteiger partial charge in [-0.1, -0.05) is 53.9 Å². The average Bonchev–Trinajstić information content (AvgIpc) is 2.82. The molecule has 1 aromatic carbocycles. The van der Waals surface area contributed by atoms with Crippen LogP contribution < -0.4 is 5.32 Å². The van der Waals surface area contributed by atoms with Gasteiger partial charge in [-0.05, 0) is 24.8 Å². The third-order valence-corrected chi connectivity index (χ3v) is 5.91. The summed E-state index contributed by atoms with van der Waals surface area (Å²) in [5.74, 6) is -0.832. The minimum Gasteiger partial charge on any atom is -0.459 e. The van der Waals surface area contributed by atoms with Crippen LogP contribution in [-0.4, -0.2) is 34.9 Å². The minimum absolute atomic E-state index is 0.0685. The van der Waals surface area contributed by atoms with Gasteiger partial charge in [0.25, 0.3) is 5.91 Å². The standard InChI is InChI=1S/C18H21BrN2O4/c1-12-6-4-5-9-18(12)16(23)21(17(24)20-18)10-15(22)25-11-13-7-2-3-8-14(13)19/h2-3,7-8,12H,4-6,9-11H2,1H3,(H,20,24)/t12-,18-/m1/s1. The van der Waals surface area contributed by atoms with E-state index in [1.165, 1.54) is 0 Å². The van der Waals surface area contributed by atoms with Gasteiger partial charge in [0, 0.05) is 10.0 Å². The maximum atomic E-state index is 12.8. The second kappa shape index (κ2) is 7.15. The molecule has 1 aliphatic carbocycles. The second-order valence-corrected chi connectivity index (χ2v) is 7.55. The van der Waals surface area contributed by atoms with Gasteiger partial charge in [-0.15, -0.1) is 0 Å². The number of carbonyl (C=O) groups excluding carboxylic acids is 3. The van der Waals surface area contributed by atoms with Gasteiger partial charge in [0.2, 0.25) is 0 Å². The van der Waals surface area contributed by atoms with E-state index in [4.69, 9.17) is 4.74 Å². The predicted octanol–water partition coefficient (Wildman–Crippen LogP) is 2.99. The van der Waals surface area contributed by atoms with E-state index >= 15 is 0 Å². The number of imide groups is 1. The third-order valence-electron chi connectivity index (χ3n) is 5.14. The lowest BCUT2D eigenvalue weighted by molar-refractivity contribution is -0.149. The van der Waals surface area contributed by atoms with Crippen molar-refractivity contribution in [3.63, 3.8) is 0 Å². The fourth-order valence-corrected chi connectivity index (χ4v) is 3.99. The van der Waals surface area contributed by atoms with Gasteiger partial charge in [0.05, 0.1) is 0 Å². The number of hydrogen-bond acceptors (Lipinski definition) is 4. The highest BCUT2D eigenvalue weighted by molar-refractivity contribution is 9.10. The highest BCUT2D eigenvalue weighted by atomic mass is 79.9. The van der Waals surface area contributed by atoms with Crippen LogP contribution in [0.3, 0.4) is 0 Å². The number of carbonyl (C=O) groups is 3. The molecule has 0 aromatic heterocycles. The first kappa shape index (κ1) is 17.9. The van der Waals surface area contributed by atoms with Crippen LogP contribution in [0.1, 0.15) is 38.2 Å². The van der Waals surface area contributed by atoms with E-state index in [9.17, 15) is 14.4 Å². The van der Waals surface area contributed by atoms with Crippen LogP contribution in [0.4, 0.5) is 4.79 Å². The molecule has 25 heavy (non-hydrogen) atoms. The van der Waals surface area contributed by atoms with Crippen molar-refractivity contribution in [1.82, 2.24) is 10.2 Å². The summed E-state index contributed by atoms with van der Waals surface area (Å²) in [6.45, 7) is 1.71. The van der Waals surface area contributed by atoms with E-state index in [1.807, 2.05) is 31.2 Å². The van der Waals surface area contributed by atoms with Gasteiger partial charge in [-0.3, -0.25) is 14.5 Å². The first-order valence-electron chi connectivity index (χ1n) is 8.47.